The van der Waals surface area contributed by atoms with E-state index in [-0.39, 0.29) is 17.9 Å². The molecule has 1 aliphatic rings. The SMILES string of the molecule is CCCCNC(=O)[C@@H]1CCC(=O)N1Cc1cccs1. The molecule has 2 heterocycles. The van der Waals surface area contributed by atoms with Crippen molar-refractivity contribution in [3.8, 4) is 0 Å². The third-order valence-corrected chi connectivity index (χ3v) is 4.23. The van der Waals surface area contributed by atoms with Crippen LogP contribution in [0.3, 0.4) is 0 Å². The van der Waals surface area contributed by atoms with Crippen LogP contribution in [-0.4, -0.2) is 29.3 Å². The Morgan fingerprint density at radius 2 is 2.42 bits per heavy atom. The Hall–Kier alpha value is -1.36. The van der Waals surface area contributed by atoms with Crippen LogP contribution < -0.4 is 5.32 Å². The number of thiophene rings is 1. The smallest absolute Gasteiger partial charge is 0.242 e. The van der Waals surface area contributed by atoms with Gasteiger partial charge in [0, 0.05) is 17.8 Å². The lowest BCUT2D eigenvalue weighted by Gasteiger charge is -2.23. The van der Waals surface area contributed by atoms with Gasteiger partial charge in [0.1, 0.15) is 6.04 Å². The number of carbonyl (C=O) groups excluding carboxylic acids is 2. The van der Waals surface area contributed by atoms with Crippen molar-refractivity contribution in [2.75, 3.05) is 6.54 Å². The van der Waals surface area contributed by atoms with E-state index in [1.54, 1.807) is 16.2 Å². The number of nitrogens with one attached hydrogen (secondary N) is 1. The van der Waals surface area contributed by atoms with Gasteiger partial charge in [-0.3, -0.25) is 9.59 Å². The van der Waals surface area contributed by atoms with Crippen molar-refractivity contribution in [2.45, 2.75) is 45.2 Å². The number of nitrogens with zero attached hydrogens (tertiary/aromatic N) is 1. The van der Waals surface area contributed by atoms with E-state index in [4.69, 9.17) is 0 Å². The number of hydrogen-bond acceptors (Lipinski definition) is 3. The molecule has 1 N–H and O–H groups in total. The lowest BCUT2D eigenvalue weighted by molar-refractivity contribution is -0.135. The molecule has 1 aliphatic heterocycles. The molecule has 1 saturated heterocycles. The van der Waals surface area contributed by atoms with Gasteiger partial charge in [-0.25, -0.2) is 0 Å². The number of likely N-dealkylation sites (tertiary alicyclic amines) is 1. The highest BCUT2D eigenvalue weighted by molar-refractivity contribution is 7.09. The second kappa shape index (κ2) is 6.70. The van der Waals surface area contributed by atoms with Crippen LogP contribution in [-0.2, 0) is 16.1 Å². The molecule has 2 rings (SSSR count). The van der Waals surface area contributed by atoms with E-state index in [0.29, 0.717) is 25.9 Å². The van der Waals surface area contributed by atoms with Crippen molar-refractivity contribution in [3.05, 3.63) is 22.4 Å². The van der Waals surface area contributed by atoms with Crippen LogP contribution in [0.15, 0.2) is 17.5 Å². The summed E-state index contributed by atoms with van der Waals surface area (Å²) in [5.41, 5.74) is 0. The number of unbranched alkanes of at least 4 members (excludes halogenated alkanes) is 1. The molecule has 1 aromatic heterocycles. The van der Waals surface area contributed by atoms with Gasteiger partial charge in [-0.05, 0) is 24.3 Å². The molecule has 1 fully saturated rings. The molecule has 0 saturated carbocycles. The topological polar surface area (TPSA) is 49.4 Å². The van der Waals surface area contributed by atoms with Crippen molar-refractivity contribution in [2.24, 2.45) is 0 Å². The fourth-order valence-corrected chi connectivity index (χ4v) is 2.98. The molecular formula is C14H20N2O2S. The summed E-state index contributed by atoms with van der Waals surface area (Å²) in [6, 6.07) is 3.69. The summed E-state index contributed by atoms with van der Waals surface area (Å²) in [4.78, 5) is 26.8. The Bertz CT molecular complexity index is 431. The maximum atomic E-state index is 12.1. The van der Waals surface area contributed by atoms with Crippen molar-refractivity contribution in [1.82, 2.24) is 10.2 Å². The van der Waals surface area contributed by atoms with Crippen LogP contribution in [0.5, 0.6) is 0 Å². The van der Waals surface area contributed by atoms with E-state index in [1.165, 1.54) is 0 Å². The van der Waals surface area contributed by atoms with Crippen LogP contribution in [0.1, 0.15) is 37.5 Å². The van der Waals surface area contributed by atoms with Gasteiger partial charge >= 0.3 is 0 Å². The summed E-state index contributed by atoms with van der Waals surface area (Å²) in [6.45, 7) is 3.35. The molecule has 0 spiro atoms. The molecule has 5 heteroatoms. The Morgan fingerprint density at radius 3 is 3.11 bits per heavy atom. The molecule has 4 nitrogen and oxygen atoms in total. The predicted molar refractivity (Wildman–Crippen MR) is 75.8 cm³/mol. The summed E-state index contributed by atoms with van der Waals surface area (Å²) >= 11 is 1.62. The van der Waals surface area contributed by atoms with E-state index in [0.717, 1.165) is 17.7 Å². The quantitative estimate of drug-likeness (QED) is 0.812. The zero-order valence-electron chi connectivity index (χ0n) is 11.2. The fraction of sp³-hybridized carbons (Fsp3) is 0.571. The minimum atomic E-state index is -0.286. The molecule has 0 unspecified atom stereocenters. The summed E-state index contributed by atoms with van der Waals surface area (Å²) < 4.78 is 0. The van der Waals surface area contributed by atoms with Crippen LogP contribution in [0.2, 0.25) is 0 Å². The van der Waals surface area contributed by atoms with Crippen molar-refractivity contribution < 1.29 is 9.59 Å². The van der Waals surface area contributed by atoms with Gasteiger partial charge in [-0.2, -0.15) is 0 Å². The third kappa shape index (κ3) is 3.56. The lowest BCUT2D eigenvalue weighted by atomic mass is 10.2. The maximum absolute atomic E-state index is 12.1. The Labute approximate surface area is 117 Å². The average Bonchev–Trinajstić information content (AvgIpc) is 3.02. The van der Waals surface area contributed by atoms with Gasteiger partial charge < -0.3 is 10.2 Å². The molecule has 104 valence electrons. The molecular weight excluding hydrogens is 260 g/mol. The number of hydrogen-bond donors (Lipinski definition) is 1. The highest BCUT2D eigenvalue weighted by Crippen LogP contribution is 2.23. The first-order valence-corrected chi connectivity index (χ1v) is 7.70. The van der Waals surface area contributed by atoms with Gasteiger partial charge in [-0.1, -0.05) is 19.4 Å². The van der Waals surface area contributed by atoms with Crippen molar-refractivity contribution >= 4 is 23.2 Å². The molecule has 0 bridgehead atoms. The predicted octanol–water partition coefficient (Wildman–Crippen LogP) is 2.16. The van der Waals surface area contributed by atoms with Crippen molar-refractivity contribution in [1.29, 1.82) is 0 Å². The first-order chi connectivity index (χ1) is 9.22. The lowest BCUT2D eigenvalue weighted by Crippen LogP contribution is -2.44. The minimum Gasteiger partial charge on any atom is -0.354 e. The highest BCUT2D eigenvalue weighted by atomic mass is 32.1. The molecule has 2 amide bonds. The first-order valence-electron chi connectivity index (χ1n) is 6.82. The van der Waals surface area contributed by atoms with E-state index >= 15 is 0 Å². The second-order valence-corrected chi connectivity index (χ2v) is 5.83. The molecule has 0 aromatic carbocycles. The van der Waals surface area contributed by atoms with E-state index in [9.17, 15) is 9.59 Å². The van der Waals surface area contributed by atoms with E-state index in [1.807, 2.05) is 17.5 Å². The third-order valence-electron chi connectivity index (χ3n) is 3.37. The normalized spacial score (nSPS) is 18.9. The molecule has 19 heavy (non-hydrogen) atoms. The standard InChI is InChI=1S/C14H20N2O2S/c1-2-3-8-15-14(18)12-6-7-13(17)16(12)10-11-5-4-9-19-11/h4-5,9,12H,2-3,6-8,10H2,1H3,(H,15,18)/t12-/m0/s1. The Balaban J connectivity index is 1.94. The summed E-state index contributed by atoms with van der Waals surface area (Å²) in [7, 11) is 0. The first kappa shape index (κ1) is 14.1. The van der Waals surface area contributed by atoms with Crippen LogP contribution in [0.4, 0.5) is 0 Å². The number of amides is 2. The summed E-state index contributed by atoms with van der Waals surface area (Å²) in [5, 5.41) is 4.92. The Kier molecular flexibility index (Phi) is 4.96. The summed E-state index contributed by atoms with van der Waals surface area (Å²) in [5.74, 6) is 0.0832. The highest BCUT2D eigenvalue weighted by Gasteiger charge is 2.35. The van der Waals surface area contributed by atoms with E-state index in [2.05, 4.69) is 12.2 Å². The average molecular weight is 280 g/mol. The van der Waals surface area contributed by atoms with Gasteiger partial charge in [-0.15, -0.1) is 11.3 Å². The number of carbonyl (C=O) groups is 2. The van der Waals surface area contributed by atoms with Gasteiger partial charge in [0.25, 0.3) is 0 Å². The van der Waals surface area contributed by atoms with Crippen LogP contribution in [0, 0.1) is 0 Å². The second-order valence-electron chi connectivity index (χ2n) is 4.80. The molecule has 0 radical (unpaired) electrons. The zero-order valence-corrected chi connectivity index (χ0v) is 12.0. The summed E-state index contributed by atoms with van der Waals surface area (Å²) in [6.07, 6.45) is 3.17. The van der Waals surface area contributed by atoms with Crippen LogP contribution in [0.25, 0.3) is 0 Å². The largest absolute Gasteiger partial charge is 0.354 e. The Morgan fingerprint density at radius 1 is 1.58 bits per heavy atom. The molecule has 0 aliphatic carbocycles. The monoisotopic (exact) mass is 280 g/mol. The van der Waals surface area contributed by atoms with Gasteiger partial charge in [0.15, 0.2) is 0 Å². The maximum Gasteiger partial charge on any atom is 0.242 e. The van der Waals surface area contributed by atoms with Gasteiger partial charge in [0.05, 0.1) is 6.54 Å². The van der Waals surface area contributed by atoms with Gasteiger partial charge in [0.2, 0.25) is 11.8 Å². The minimum absolute atomic E-state index is 0.00384. The van der Waals surface area contributed by atoms with Crippen molar-refractivity contribution in [3.63, 3.8) is 0 Å². The fourth-order valence-electron chi connectivity index (χ4n) is 2.28. The van der Waals surface area contributed by atoms with Crippen LogP contribution >= 0.6 is 11.3 Å². The molecule has 1 aromatic rings. The molecule has 1 atom stereocenters. The number of rotatable bonds is 6. The zero-order chi connectivity index (χ0) is 13.7. The van der Waals surface area contributed by atoms with E-state index < -0.39 is 0 Å².